The van der Waals surface area contributed by atoms with Crippen molar-refractivity contribution in [2.45, 2.75) is 26.4 Å². The number of amides is 1. The summed E-state index contributed by atoms with van der Waals surface area (Å²) < 4.78 is 1.67. The second kappa shape index (κ2) is 4.94. The number of aromatic nitrogens is 2. The number of carbonyl (C=O) groups is 1. The predicted molar refractivity (Wildman–Crippen MR) is 61.2 cm³/mol. The molecule has 1 N–H and O–H groups in total. The van der Waals surface area contributed by atoms with Crippen LogP contribution >= 0.6 is 0 Å². The minimum absolute atomic E-state index is 0.295. The zero-order valence-electron chi connectivity index (χ0n) is 10.0. The molecule has 0 aromatic carbocycles. The number of hydroxylamine groups is 1. The van der Waals surface area contributed by atoms with Crippen LogP contribution in [0.4, 0.5) is 0 Å². The van der Waals surface area contributed by atoms with E-state index in [1.54, 1.807) is 17.0 Å². The van der Waals surface area contributed by atoms with Crippen LogP contribution in [-0.2, 0) is 16.7 Å². The smallest absolute Gasteiger partial charge is 0.267 e. The van der Waals surface area contributed by atoms with E-state index >= 15 is 0 Å². The lowest BCUT2D eigenvalue weighted by molar-refractivity contribution is -0.140. The molecule has 0 saturated carbocycles. The van der Waals surface area contributed by atoms with Gasteiger partial charge in [0.2, 0.25) is 0 Å². The van der Waals surface area contributed by atoms with Crippen LogP contribution in [-0.4, -0.2) is 21.3 Å². The summed E-state index contributed by atoms with van der Waals surface area (Å²) in [6, 6.07) is 1.81. The Kier molecular flexibility index (Phi) is 3.84. The van der Waals surface area contributed by atoms with Crippen LogP contribution < -0.4 is 5.48 Å². The Morgan fingerprint density at radius 1 is 1.56 bits per heavy atom. The van der Waals surface area contributed by atoms with Gasteiger partial charge in [0.25, 0.3) is 5.91 Å². The van der Waals surface area contributed by atoms with Gasteiger partial charge in [0.05, 0.1) is 11.3 Å². The van der Waals surface area contributed by atoms with E-state index in [0.717, 1.165) is 5.69 Å². The third kappa shape index (κ3) is 4.27. The maximum absolute atomic E-state index is 11.3. The highest BCUT2D eigenvalue weighted by Gasteiger charge is 2.11. The van der Waals surface area contributed by atoms with Crippen LogP contribution in [0.3, 0.4) is 0 Å². The van der Waals surface area contributed by atoms with Gasteiger partial charge in [-0.15, -0.1) is 0 Å². The Hall–Kier alpha value is -1.62. The molecular weight excluding hydrogens is 206 g/mol. The summed E-state index contributed by atoms with van der Waals surface area (Å²) in [5.74, 6) is -0.295. The maximum atomic E-state index is 11.3. The Bertz CT molecular complexity index is 388. The van der Waals surface area contributed by atoms with Crippen LogP contribution in [0.15, 0.2) is 18.3 Å². The van der Waals surface area contributed by atoms with E-state index < -0.39 is 5.60 Å². The third-order valence-electron chi connectivity index (χ3n) is 1.72. The van der Waals surface area contributed by atoms with Gasteiger partial charge in [-0.2, -0.15) is 5.10 Å². The molecule has 5 heteroatoms. The van der Waals surface area contributed by atoms with Crippen LogP contribution in [0.25, 0.3) is 6.08 Å². The Morgan fingerprint density at radius 2 is 2.25 bits per heavy atom. The molecule has 1 heterocycles. The van der Waals surface area contributed by atoms with E-state index in [1.165, 1.54) is 6.08 Å². The van der Waals surface area contributed by atoms with Crippen LogP contribution in [0.2, 0.25) is 0 Å². The molecule has 5 nitrogen and oxygen atoms in total. The van der Waals surface area contributed by atoms with Gasteiger partial charge < -0.3 is 0 Å². The summed E-state index contributed by atoms with van der Waals surface area (Å²) in [4.78, 5) is 16.5. The first-order valence-electron chi connectivity index (χ1n) is 5.02. The van der Waals surface area contributed by atoms with Crippen molar-refractivity contribution in [3.8, 4) is 0 Å². The molecule has 0 aliphatic carbocycles. The molecule has 1 rings (SSSR count). The first-order chi connectivity index (χ1) is 7.38. The van der Waals surface area contributed by atoms with Gasteiger partial charge in [0.1, 0.15) is 0 Å². The van der Waals surface area contributed by atoms with Crippen molar-refractivity contribution in [3.63, 3.8) is 0 Å². The molecule has 1 aromatic rings. The standard InChI is InChI=1S/C11H17N3O2/c1-11(2,3)16-13-10(15)6-5-9-7-8-12-14(9)4/h5-8H,1-4H3,(H,13,15)/b6-5+. The second-order valence-corrected chi connectivity index (χ2v) is 4.39. The van der Waals surface area contributed by atoms with E-state index in [9.17, 15) is 4.79 Å². The Balaban J connectivity index is 2.46. The van der Waals surface area contributed by atoms with Gasteiger partial charge in [-0.1, -0.05) is 0 Å². The van der Waals surface area contributed by atoms with Crippen molar-refractivity contribution in [3.05, 3.63) is 24.0 Å². The fraction of sp³-hybridized carbons (Fsp3) is 0.455. The fourth-order valence-corrected chi connectivity index (χ4v) is 0.946. The lowest BCUT2D eigenvalue weighted by Crippen LogP contribution is -2.32. The largest absolute Gasteiger partial charge is 0.269 e. The van der Waals surface area contributed by atoms with Crippen molar-refractivity contribution in [2.75, 3.05) is 0 Å². The molecule has 1 amide bonds. The van der Waals surface area contributed by atoms with Crippen LogP contribution in [0, 0.1) is 0 Å². The Labute approximate surface area is 95.0 Å². The summed E-state index contributed by atoms with van der Waals surface area (Å²) in [7, 11) is 1.81. The van der Waals surface area contributed by atoms with Gasteiger partial charge in [-0.25, -0.2) is 5.48 Å². The van der Waals surface area contributed by atoms with Crippen molar-refractivity contribution >= 4 is 12.0 Å². The minimum atomic E-state index is -0.393. The predicted octanol–water partition coefficient (Wildman–Crippen LogP) is 1.28. The molecule has 0 aliphatic heterocycles. The van der Waals surface area contributed by atoms with E-state index in [1.807, 2.05) is 33.9 Å². The van der Waals surface area contributed by atoms with Gasteiger partial charge in [-0.05, 0) is 32.9 Å². The molecule has 0 bridgehead atoms. The summed E-state index contributed by atoms with van der Waals surface area (Å²) >= 11 is 0. The quantitative estimate of drug-likeness (QED) is 0.620. The van der Waals surface area contributed by atoms with Crippen molar-refractivity contribution in [1.82, 2.24) is 15.3 Å². The second-order valence-electron chi connectivity index (χ2n) is 4.39. The zero-order chi connectivity index (χ0) is 12.2. The van der Waals surface area contributed by atoms with E-state index in [4.69, 9.17) is 4.84 Å². The fourth-order valence-electron chi connectivity index (χ4n) is 0.946. The monoisotopic (exact) mass is 223 g/mol. The minimum Gasteiger partial charge on any atom is -0.269 e. The summed E-state index contributed by atoms with van der Waals surface area (Å²) in [5, 5.41) is 3.98. The molecule has 0 fully saturated rings. The normalized spacial score (nSPS) is 12.0. The molecule has 0 saturated heterocycles. The summed E-state index contributed by atoms with van der Waals surface area (Å²) in [5.41, 5.74) is 2.81. The lowest BCUT2D eigenvalue weighted by atomic mass is 10.2. The first-order valence-corrected chi connectivity index (χ1v) is 5.02. The van der Waals surface area contributed by atoms with E-state index in [-0.39, 0.29) is 5.91 Å². The molecule has 0 unspecified atom stereocenters. The SMILES string of the molecule is Cn1nccc1/C=C/C(=O)NOC(C)(C)C. The summed E-state index contributed by atoms with van der Waals surface area (Å²) in [6.45, 7) is 5.58. The highest BCUT2D eigenvalue weighted by atomic mass is 16.7. The molecule has 0 aliphatic rings. The van der Waals surface area contributed by atoms with Crippen molar-refractivity contribution in [1.29, 1.82) is 0 Å². The van der Waals surface area contributed by atoms with Gasteiger partial charge >= 0.3 is 0 Å². The number of nitrogens with zero attached hydrogens (tertiary/aromatic N) is 2. The average molecular weight is 223 g/mol. The number of nitrogens with one attached hydrogen (secondary N) is 1. The highest BCUT2D eigenvalue weighted by molar-refractivity contribution is 5.90. The first kappa shape index (κ1) is 12.4. The number of rotatable bonds is 3. The van der Waals surface area contributed by atoms with E-state index in [2.05, 4.69) is 10.6 Å². The summed E-state index contributed by atoms with van der Waals surface area (Å²) in [6.07, 6.45) is 4.75. The number of aryl methyl sites for hydroxylation is 1. The maximum Gasteiger partial charge on any atom is 0.267 e. The third-order valence-corrected chi connectivity index (χ3v) is 1.72. The van der Waals surface area contributed by atoms with Gasteiger partial charge in [0, 0.05) is 19.3 Å². The van der Waals surface area contributed by atoms with Crippen molar-refractivity contribution in [2.24, 2.45) is 7.05 Å². The number of carbonyl (C=O) groups excluding carboxylic acids is 1. The van der Waals surface area contributed by atoms with E-state index in [0.29, 0.717) is 0 Å². The molecule has 0 spiro atoms. The van der Waals surface area contributed by atoms with Crippen LogP contribution in [0.1, 0.15) is 26.5 Å². The average Bonchev–Trinajstić information content (AvgIpc) is 2.57. The Morgan fingerprint density at radius 3 is 2.75 bits per heavy atom. The van der Waals surface area contributed by atoms with Crippen molar-refractivity contribution < 1.29 is 9.63 Å². The lowest BCUT2D eigenvalue weighted by Gasteiger charge is -2.17. The number of hydrogen-bond acceptors (Lipinski definition) is 3. The molecule has 0 radical (unpaired) electrons. The van der Waals surface area contributed by atoms with Gasteiger partial charge in [-0.3, -0.25) is 14.3 Å². The molecule has 88 valence electrons. The zero-order valence-corrected chi connectivity index (χ0v) is 10.0. The number of hydrogen-bond donors (Lipinski definition) is 1. The molecule has 16 heavy (non-hydrogen) atoms. The van der Waals surface area contributed by atoms with Gasteiger partial charge in [0.15, 0.2) is 0 Å². The molecule has 1 aromatic heterocycles. The molecule has 0 atom stereocenters. The topological polar surface area (TPSA) is 56.2 Å². The molecular formula is C11H17N3O2. The highest BCUT2D eigenvalue weighted by Crippen LogP contribution is 2.03. The van der Waals surface area contributed by atoms with Crippen LogP contribution in [0.5, 0.6) is 0 Å².